The fourth-order valence-electron chi connectivity index (χ4n) is 3.01. The number of nitrogens with one attached hydrogen (secondary N) is 1. The molecule has 0 spiro atoms. The first-order valence-electron chi connectivity index (χ1n) is 7.81. The molecule has 1 saturated heterocycles. The van der Waals surface area contributed by atoms with Crippen LogP contribution in [0.25, 0.3) is 16.9 Å². The molecule has 1 fully saturated rings. The maximum Gasteiger partial charge on any atom is 0.177 e. The van der Waals surface area contributed by atoms with E-state index in [9.17, 15) is 0 Å². The highest BCUT2D eigenvalue weighted by Crippen LogP contribution is 2.23. The molecule has 1 aliphatic rings. The monoisotopic (exact) mass is 293 g/mol. The lowest BCUT2D eigenvalue weighted by molar-refractivity contribution is 0.440. The summed E-state index contributed by atoms with van der Waals surface area (Å²) in [5.74, 6) is 1.36. The lowest BCUT2D eigenvalue weighted by atomic mass is 9.99. The molecular formula is C17H19N5. The van der Waals surface area contributed by atoms with Crippen molar-refractivity contribution in [3.8, 4) is 11.3 Å². The second-order valence-corrected chi connectivity index (χ2v) is 5.96. The molecule has 0 saturated carbocycles. The number of hydrogen-bond donors (Lipinski definition) is 1. The second kappa shape index (κ2) is 5.50. The van der Waals surface area contributed by atoms with Crippen LogP contribution in [-0.4, -0.2) is 32.9 Å². The van der Waals surface area contributed by atoms with E-state index in [-0.39, 0.29) is 0 Å². The van der Waals surface area contributed by atoms with Crippen LogP contribution in [0.5, 0.6) is 0 Å². The van der Waals surface area contributed by atoms with Crippen molar-refractivity contribution in [2.24, 2.45) is 0 Å². The Morgan fingerprint density at radius 1 is 1.09 bits per heavy atom. The lowest BCUT2D eigenvalue weighted by Crippen LogP contribution is -2.29. The first kappa shape index (κ1) is 13.4. The summed E-state index contributed by atoms with van der Waals surface area (Å²) in [5, 5.41) is 16.8. The van der Waals surface area contributed by atoms with Gasteiger partial charge in [-0.2, -0.15) is 9.61 Å². The van der Waals surface area contributed by atoms with Gasteiger partial charge in [0.25, 0.3) is 0 Å². The Balaban J connectivity index is 1.77. The number of rotatable bonds is 2. The maximum atomic E-state index is 4.77. The van der Waals surface area contributed by atoms with Gasteiger partial charge in [-0.1, -0.05) is 29.8 Å². The van der Waals surface area contributed by atoms with Gasteiger partial charge in [-0.3, -0.25) is 0 Å². The maximum absolute atomic E-state index is 4.77. The van der Waals surface area contributed by atoms with Crippen molar-refractivity contribution in [1.29, 1.82) is 0 Å². The third-order valence-corrected chi connectivity index (χ3v) is 4.30. The number of benzene rings is 1. The van der Waals surface area contributed by atoms with Gasteiger partial charge in [0.15, 0.2) is 11.5 Å². The van der Waals surface area contributed by atoms with E-state index in [1.807, 2.05) is 16.6 Å². The van der Waals surface area contributed by atoms with E-state index < -0.39 is 0 Å². The second-order valence-electron chi connectivity index (χ2n) is 5.96. The molecule has 4 rings (SSSR count). The van der Waals surface area contributed by atoms with Gasteiger partial charge in [0.2, 0.25) is 0 Å². The van der Waals surface area contributed by atoms with Crippen molar-refractivity contribution in [3.05, 3.63) is 47.8 Å². The molecule has 2 aromatic heterocycles. The van der Waals surface area contributed by atoms with E-state index in [4.69, 9.17) is 5.10 Å². The summed E-state index contributed by atoms with van der Waals surface area (Å²) in [5.41, 5.74) is 4.14. The van der Waals surface area contributed by atoms with Crippen LogP contribution < -0.4 is 5.32 Å². The van der Waals surface area contributed by atoms with Gasteiger partial charge in [0.1, 0.15) is 0 Å². The number of hydrogen-bond acceptors (Lipinski definition) is 4. The van der Waals surface area contributed by atoms with Gasteiger partial charge in [-0.15, -0.1) is 10.2 Å². The van der Waals surface area contributed by atoms with Crippen LogP contribution in [0.4, 0.5) is 0 Å². The SMILES string of the molecule is Cc1ccc(-c2ccc3nnc([C@H]4CCCNC4)n3n2)cc1. The molecule has 1 aromatic carbocycles. The highest BCUT2D eigenvalue weighted by Gasteiger charge is 2.21. The Morgan fingerprint density at radius 2 is 1.95 bits per heavy atom. The normalized spacial score (nSPS) is 18.7. The summed E-state index contributed by atoms with van der Waals surface area (Å²) in [6.07, 6.45) is 2.32. The van der Waals surface area contributed by atoms with Crippen LogP contribution in [0, 0.1) is 6.92 Å². The van der Waals surface area contributed by atoms with Crippen LogP contribution in [0.15, 0.2) is 36.4 Å². The largest absolute Gasteiger partial charge is 0.316 e. The van der Waals surface area contributed by atoms with Crippen LogP contribution >= 0.6 is 0 Å². The molecule has 3 aromatic rings. The number of aryl methyl sites for hydroxylation is 1. The van der Waals surface area contributed by atoms with Crippen molar-refractivity contribution in [2.45, 2.75) is 25.7 Å². The van der Waals surface area contributed by atoms with Gasteiger partial charge in [0, 0.05) is 18.0 Å². The highest BCUT2D eigenvalue weighted by atomic mass is 15.4. The third kappa shape index (κ3) is 2.37. The molecule has 0 amide bonds. The minimum absolute atomic E-state index is 0.393. The third-order valence-electron chi connectivity index (χ3n) is 4.30. The number of fused-ring (bicyclic) bond motifs is 1. The Hall–Kier alpha value is -2.27. The fraction of sp³-hybridized carbons (Fsp3) is 0.353. The Bertz CT molecular complexity index is 784. The average Bonchev–Trinajstić information content (AvgIpc) is 2.99. The fourth-order valence-corrected chi connectivity index (χ4v) is 3.01. The van der Waals surface area contributed by atoms with Crippen LogP contribution in [0.1, 0.15) is 30.1 Å². The van der Waals surface area contributed by atoms with Gasteiger partial charge < -0.3 is 5.32 Å². The first-order chi connectivity index (χ1) is 10.8. The van der Waals surface area contributed by atoms with E-state index in [0.717, 1.165) is 42.2 Å². The minimum atomic E-state index is 0.393. The van der Waals surface area contributed by atoms with Gasteiger partial charge >= 0.3 is 0 Å². The van der Waals surface area contributed by atoms with E-state index in [1.165, 1.54) is 12.0 Å². The lowest BCUT2D eigenvalue weighted by Gasteiger charge is -2.20. The Labute approximate surface area is 129 Å². The molecule has 1 atom stereocenters. The molecule has 1 aliphatic heterocycles. The van der Waals surface area contributed by atoms with E-state index in [1.54, 1.807) is 0 Å². The summed E-state index contributed by atoms with van der Waals surface area (Å²) in [4.78, 5) is 0. The number of nitrogens with zero attached hydrogens (tertiary/aromatic N) is 4. The molecule has 0 aliphatic carbocycles. The Kier molecular flexibility index (Phi) is 3.35. The average molecular weight is 293 g/mol. The zero-order chi connectivity index (χ0) is 14.9. The van der Waals surface area contributed by atoms with E-state index in [0.29, 0.717) is 5.92 Å². The molecule has 0 unspecified atom stereocenters. The number of aromatic nitrogens is 4. The summed E-state index contributed by atoms with van der Waals surface area (Å²) < 4.78 is 1.91. The quantitative estimate of drug-likeness (QED) is 0.789. The molecule has 3 heterocycles. The smallest absolute Gasteiger partial charge is 0.177 e. The predicted molar refractivity (Wildman–Crippen MR) is 85.8 cm³/mol. The summed E-state index contributed by atoms with van der Waals surface area (Å²) in [6.45, 7) is 4.14. The van der Waals surface area contributed by atoms with Crippen LogP contribution in [0.2, 0.25) is 0 Å². The Morgan fingerprint density at radius 3 is 2.73 bits per heavy atom. The molecule has 5 nitrogen and oxygen atoms in total. The van der Waals surface area contributed by atoms with Gasteiger partial charge in [0.05, 0.1) is 5.69 Å². The minimum Gasteiger partial charge on any atom is -0.316 e. The zero-order valence-electron chi connectivity index (χ0n) is 12.7. The zero-order valence-corrected chi connectivity index (χ0v) is 12.7. The highest BCUT2D eigenvalue weighted by molar-refractivity contribution is 5.60. The standard InChI is InChI=1S/C17H19N5/c1-12-4-6-13(7-5-12)15-8-9-16-19-20-17(22(16)21-15)14-3-2-10-18-11-14/h4-9,14,18H,2-3,10-11H2,1H3/t14-/m0/s1. The van der Waals surface area contributed by atoms with Crippen molar-refractivity contribution in [2.75, 3.05) is 13.1 Å². The van der Waals surface area contributed by atoms with Crippen LogP contribution in [0.3, 0.4) is 0 Å². The summed E-state index contributed by atoms with van der Waals surface area (Å²) >= 11 is 0. The van der Waals surface area contributed by atoms with E-state index in [2.05, 4.69) is 46.7 Å². The molecule has 22 heavy (non-hydrogen) atoms. The van der Waals surface area contributed by atoms with Crippen LogP contribution in [-0.2, 0) is 0 Å². The first-order valence-corrected chi connectivity index (χ1v) is 7.81. The molecule has 0 radical (unpaired) electrons. The summed E-state index contributed by atoms with van der Waals surface area (Å²) in [6, 6.07) is 12.4. The van der Waals surface area contributed by atoms with Crippen molar-refractivity contribution in [1.82, 2.24) is 25.1 Å². The predicted octanol–water partition coefficient (Wildman–Crippen LogP) is 2.57. The number of piperidine rings is 1. The van der Waals surface area contributed by atoms with Gasteiger partial charge in [-0.25, -0.2) is 0 Å². The van der Waals surface area contributed by atoms with Gasteiger partial charge in [-0.05, 0) is 38.4 Å². The van der Waals surface area contributed by atoms with E-state index >= 15 is 0 Å². The molecule has 112 valence electrons. The molecule has 5 heteroatoms. The van der Waals surface area contributed by atoms with Crippen molar-refractivity contribution in [3.63, 3.8) is 0 Å². The summed E-state index contributed by atoms with van der Waals surface area (Å²) in [7, 11) is 0. The van der Waals surface area contributed by atoms with Crippen molar-refractivity contribution >= 4 is 5.65 Å². The molecular weight excluding hydrogens is 274 g/mol. The molecule has 1 N–H and O–H groups in total. The topological polar surface area (TPSA) is 55.1 Å². The molecule has 0 bridgehead atoms. The van der Waals surface area contributed by atoms with Crippen molar-refractivity contribution < 1.29 is 0 Å².